The molecule has 1 aliphatic carbocycles. The van der Waals surface area contributed by atoms with Gasteiger partial charge >= 0.3 is 12.1 Å². The molecule has 0 unspecified atom stereocenters. The van der Waals surface area contributed by atoms with Gasteiger partial charge in [0.05, 0.1) is 27.0 Å². The standard InChI is InChI=1S/C22H32N2O6/c1-15(27-5)24(21(26)30-22(2,3)4)18-14-23-17(20(25)28-6)13-19(18)29-12-8-11-16-9-7-10-16/h13-14,16H,1,7-12H2,2-6H3. The molecule has 1 saturated carbocycles. The number of aromatic nitrogens is 1. The maximum absolute atomic E-state index is 12.8. The van der Waals surface area contributed by atoms with Crippen molar-refractivity contribution in [3.05, 3.63) is 30.4 Å². The Morgan fingerprint density at radius 3 is 2.47 bits per heavy atom. The van der Waals surface area contributed by atoms with E-state index in [4.69, 9.17) is 18.9 Å². The minimum atomic E-state index is -0.730. The Hall–Kier alpha value is -2.77. The number of esters is 1. The Labute approximate surface area is 178 Å². The van der Waals surface area contributed by atoms with Crippen LogP contribution in [-0.4, -0.2) is 43.5 Å². The highest BCUT2D eigenvalue weighted by molar-refractivity contribution is 5.94. The van der Waals surface area contributed by atoms with E-state index in [9.17, 15) is 9.59 Å². The zero-order valence-electron chi connectivity index (χ0n) is 18.5. The number of amides is 1. The molecule has 2 rings (SSSR count). The number of methoxy groups -OCH3 is 2. The molecule has 0 bridgehead atoms. The molecule has 1 fully saturated rings. The molecule has 0 aliphatic heterocycles. The third-order valence-corrected chi connectivity index (χ3v) is 4.78. The SMILES string of the molecule is C=C(OC)N(C(=O)OC(C)(C)C)c1cnc(C(=O)OC)cc1OCCCC1CCC1. The maximum Gasteiger partial charge on any atom is 0.422 e. The second-order valence-corrected chi connectivity index (χ2v) is 8.23. The first-order chi connectivity index (χ1) is 14.2. The molecule has 1 amide bonds. The van der Waals surface area contributed by atoms with Crippen molar-refractivity contribution in [2.75, 3.05) is 25.7 Å². The van der Waals surface area contributed by atoms with Gasteiger partial charge in [0.25, 0.3) is 0 Å². The number of pyridine rings is 1. The van der Waals surface area contributed by atoms with Crippen LogP contribution >= 0.6 is 0 Å². The Kier molecular flexibility index (Phi) is 8.08. The van der Waals surface area contributed by atoms with Crippen molar-refractivity contribution in [1.82, 2.24) is 4.98 Å². The first-order valence-corrected chi connectivity index (χ1v) is 10.1. The fraction of sp³-hybridized carbons (Fsp3) is 0.591. The molecule has 0 saturated heterocycles. The summed E-state index contributed by atoms with van der Waals surface area (Å²) in [6, 6.07) is 1.45. The quantitative estimate of drug-likeness (QED) is 0.325. The van der Waals surface area contributed by atoms with E-state index in [0.717, 1.165) is 23.7 Å². The molecule has 30 heavy (non-hydrogen) atoms. The number of hydrogen-bond acceptors (Lipinski definition) is 7. The molecule has 8 heteroatoms. The van der Waals surface area contributed by atoms with Crippen molar-refractivity contribution in [3.8, 4) is 5.75 Å². The average molecular weight is 421 g/mol. The predicted octanol–water partition coefficient (Wildman–Crippen LogP) is 4.69. The third kappa shape index (κ3) is 6.37. The zero-order valence-corrected chi connectivity index (χ0v) is 18.5. The Morgan fingerprint density at radius 1 is 1.23 bits per heavy atom. The van der Waals surface area contributed by atoms with Crippen LogP contribution in [0.15, 0.2) is 24.7 Å². The van der Waals surface area contributed by atoms with Gasteiger partial charge in [0.15, 0.2) is 11.6 Å². The van der Waals surface area contributed by atoms with Crippen LogP contribution < -0.4 is 9.64 Å². The summed E-state index contributed by atoms with van der Waals surface area (Å²) >= 11 is 0. The summed E-state index contributed by atoms with van der Waals surface area (Å²) in [5.41, 5.74) is -0.387. The third-order valence-electron chi connectivity index (χ3n) is 4.78. The lowest BCUT2D eigenvalue weighted by Gasteiger charge is -2.28. The van der Waals surface area contributed by atoms with Crippen molar-refractivity contribution < 1.29 is 28.5 Å². The molecule has 1 heterocycles. The molecule has 0 spiro atoms. The summed E-state index contributed by atoms with van der Waals surface area (Å²) in [4.78, 5) is 30.0. The van der Waals surface area contributed by atoms with E-state index in [2.05, 4.69) is 11.6 Å². The smallest absolute Gasteiger partial charge is 0.422 e. The fourth-order valence-corrected chi connectivity index (χ4v) is 3.00. The first-order valence-electron chi connectivity index (χ1n) is 10.1. The fourth-order valence-electron chi connectivity index (χ4n) is 3.00. The second-order valence-electron chi connectivity index (χ2n) is 8.23. The lowest BCUT2D eigenvalue weighted by atomic mass is 9.82. The van der Waals surface area contributed by atoms with E-state index in [1.165, 1.54) is 45.7 Å². The number of nitrogens with zero attached hydrogens (tertiary/aromatic N) is 2. The van der Waals surface area contributed by atoms with Gasteiger partial charge < -0.3 is 18.9 Å². The minimum Gasteiger partial charge on any atom is -0.491 e. The Balaban J connectivity index is 2.30. The topological polar surface area (TPSA) is 87.2 Å². The molecule has 0 N–H and O–H groups in total. The molecule has 1 aromatic heterocycles. The second kappa shape index (κ2) is 10.3. The summed E-state index contributed by atoms with van der Waals surface area (Å²) in [7, 11) is 2.67. The molecular formula is C22H32N2O6. The number of carbonyl (C=O) groups excluding carboxylic acids is 2. The van der Waals surface area contributed by atoms with Gasteiger partial charge in [-0.15, -0.1) is 0 Å². The monoisotopic (exact) mass is 420 g/mol. The van der Waals surface area contributed by atoms with Gasteiger partial charge in [0.1, 0.15) is 17.0 Å². The lowest BCUT2D eigenvalue weighted by molar-refractivity contribution is 0.0565. The highest BCUT2D eigenvalue weighted by Gasteiger charge is 2.30. The molecule has 1 aromatic rings. The number of anilines is 1. The predicted molar refractivity (Wildman–Crippen MR) is 113 cm³/mol. The molecule has 1 aliphatic rings. The van der Waals surface area contributed by atoms with Gasteiger partial charge in [-0.1, -0.05) is 19.3 Å². The van der Waals surface area contributed by atoms with Crippen LogP contribution in [0.25, 0.3) is 0 Å². The van der Waals surface area contributed by atoms with Crippen LogP contribution in [0.4, 0.5) is 10.5 Å². The highest BCUT2D eigenvalue weighted by Crippen LogP contribution is 2.34. The summed E-state index contributed by atoms with van der Waals surface area (Å²) in [6.45, 7) is 9.50. The van der Waals surface area contributed by atoms with Gasteiger partial charge in [0, 0.05) is 6.07 Å². The van der Waals surface area contributed by atoms with Crippen molar-refractivity contribution >= 4 is 17.7 Å². The Bertz CT molecular complexity index is 767. The average Bonchev–Trinajstić information content (AvgIpc) is 2.65. The van der Waals surface area contributed by atoms with Gasteiger partial charge in [-0.3, -0.25) is 0 Å². The van der Waals surface area contributed by atoms with Crippen molar-refractivity contribution in [2.45, 2.75) is 58.5 Å². The minimum absolute atomic E-state index is 0.0381. The van der Waals surface area contributed by atoms with Crippen LogP contribution in [0, 0.1) is 5.92 Å². The molecule has 8 nitrogen and oxygen atoms in total. The number of hydrogen-bond donors (Lipinski definition) is 0. The van der Waals surface area contributed by atoms with Crippen LogP contribution in [0.3, 0.4) is 0 Å². The zero-order chi connectivity index (χ0) is 22.3. The molecule has 0 radical (unpaired) electrons. The van der Waals surface area contributed by atoms with Gasteiger partial charge in [-0.25, -0.2) is 19.5 Å². The van der Waals surface area contributed by atoms with E-state index < -0.39 is 17.7 Å². The van der Waals surface area contributed by atoms with Crippen molar-refractivity contribution in [1.29, 1.82) is 0 Å². The summed E-state index contributed by atoms with van der Waals surface area (Å²) in [5.74, 6) is 0.497. The van der Waals surface area contributed by atoms with E-state index >= 15 is 0 Å². The van der Waals surface area contributed by atoms with E-state index in [1.807, 2.05) is 0 Å². The van der Waals surface area contributed by atoms with Crippen LogP contribution in [0.5, 0.6) is 5.75 Å². The van der Waals surface area contributed by atoms with E-state index in [1.54, 1.807) is 20.8 Å². The molecule has 0 aromatic carbocycles. The van der Waals surface area contributed by atoms with E-state index in [0.29, 0.717) is 12.4 Å². The van der Waals surface area contributed by atoms with Gasteiger partial charge in [-0.2, -0.15) is 0 Å². The van der Waals surface area contributed by atoms with Gasteiger partial charge in [0.2, 0.25) is 0 Å². The number of carbonyl (C=O) groups is 2. The van der Waals surface area contributed by atoms with Crippen molar-refractivity contribution in [2.24, 2.45) is 5.92 Å². The van der Waals surface area contributed by atoms with Crippen LogP contribution in [0.2, 0.25) is 0 Å². The molecule has 166 valence electrons. The lowest BCUT2D eigenvalue weighted by Crippen LogP contribution is -2.37. The first kappa shape index (κ1) is 23.5. The number of rotatable bonds is 9. The normalized spacial score (nSPS) is 13.8. The van der Waals surface area contributed by atoms with Gasteiger partial charge in [-0.05, 0) is 46.1 Å². The summed E-state index contributed by atoms with van der Waals surface area (Å²) < 4.78 is 21.4. The highest BCUT2D eigenvalue weighted by atomic mass is 16.6. The van der Waals surface area contributed by atoms with E-state index in [-0.39, 0.29) is 17.3 Å². The summed E-state index contributed by atoms with van der Waals surface area (Å²) in [6.07, 6.45) is 6.46. The Morgan fingerprint density at radius 2 is 1.93 bits per heavy atom. The van der Waals surface area contributed by atoms with Crippen molar-refractivity contribution in [3.63, 3.8) is 0 Å². The largest absolute Gasteiger partial charge is 0.491 e. The van der Waals surface area contributed by atoms with Crippen LogP contribution in [-0.2, 0) is 14.2 Å². The molecular weight excluding hydrogens is 388 g/mol. The summed E-state index contributed by atoms with van der Waals surface area (Å²) in [5, 5.41) is 0. The molecule has 0 atom stereocenters. The maximum atomic E-state index is 12.8. The van der Waals surface area contributed by atoms with Crippen LogP contribution in [0.1, 0.15) is 63.4 Å². The number of ether oxygens (including phenoxy) is 4.